The van der Waals surface area contributed by atoms with E-state index >= 15 is 0 Å². The SMILES string of the molecule is c1cc2ccc3ccccn3c-2c1. The minimum atomic E-state index is 1.24. The molecule has 0 saturated carbocycles. The fourth-order valence-electron chi connectivity index (χ4n) is 1.77. The van der Waals surface area contributed by atoms with Gasteiger partial charge in [0, 0.05) is 11.7 Å². The number of pyridine rings is 2. The lowest BCUT2D eigenvalue weighted by Gasteiger charge is -2.06. The van der Waals surface area contributed by atoms with Gasteiger partial charge in [-0.1, -0.05) is 24.3 Å². The van der Waals surface area contributed by atoms with E-state index in [2.05, 4.69) is 59.1 Å². The van der Waals surface area contributed by atoms with Crippen LogP contribution in [-0.2, 0) is 0 Å². The molecule has 2 heterocycles. The maximum Gasteiger partial charge on any atom is 0.0527 e. The van der Waals surface area contributed by atoms with Crippen LogP contribution in [0.5, 0.6) is 0 Å². The first-order valence-electron chi connectivity index (χ1n) is 4.40. The van der Waals surface area contributed by atoms with E-state index in [4.69, 9.17) is 0 Å². The molecule has 0 amide bonds. The fraction of sp³-hybridized carbons (Fsp3) is 0. The van der Waals surface area contributed by atoms with Crippen LogP contribution in [0.2, 0.25) is 0 Å². The number of aromatic nitrogens is 1. The second kappa shape index (κ2) is 2.36. The van der Waals surface area contributed by atoms with Crippen LogP contribution < -0.4 is 0 Å². The summed E-state index contributed by atoms with van der Waals surface area (Å²) in [6.07, 6.45) is 2.09. The molecule has 0 atom stereocenters. The summed E-state index contributed by atoms with van der Waals surface area (Å²) < 4.78 is 2.20. The molecule has 62 valence electrons. The van der Waals surface area contributed by atoms with Gasteiger partial charge in [0.05, 0.1) is 5.69 Å². The number of fused-ring (bicyclic) bond motifs is 3. The van der Waals surface area contributed by atoms with E-state index in [0.29, 0.717) is 0 Å². The Labute approximate surface area is 76.6 Å². The maximum absolute atomic E-state index is 2.20. The van der Waals surface area contributed by atoms with E-state index in [-0.39, 0.29) is 0 Å². The van der Waals surface area contributed by atoms with Crippen LogP contribution >= 0.6 is 0 Å². The first kappa shape index (κ1) is 6.72. The van der Waals surface area contributed by atoms with Crippen molar-refractivity contribution in [3.8, 4) is 11.3 Å². The Morgan fingerprint density at radius 2 is 1.77 bits per heavy atom. The molecule has 3 rings (SSSR count). The summed E-state index contributed by atoms with van der Waals surface area (Å²) in [5.74, 6) is 0. The molecule has 1 aliphatic carbocycles. The summed E-state index contributed by atoms with van der Waals surface area (Å²) in [4.78, 5) is 0. The maximum atomic E-state index is 2.20. The van der Waals surface area contributed by atoms with Crippen molar-refractivity contribution in [2.45, 2.75) is 0 Å². The fourth-order valence-corrected chi connectivity index (χ4v) is 1.77. The quantitative estimate of drug-likeness (QED) is 0.484. The lowest BCUT2D eigenvalue weighted by Crippen LogP contribution is -1.90. The molecule has 13 heavy (non-hydrogen) atoms. The molecule has 1 aromatic rings. The van der Waals surface area contributed by atoms with Crippen molar-refractivity contribution < 1.29 is 0 Å². The second-order valence-corrected chi connectivity index (χ2v) is 3.20. The average Bonchev–Trinajstić information content (AvgIpc) is 2.65. The van der Waals surface area contributed by atoms with Gasteiger partial charge in [0.2, 0.25) is 0 Å². The summed E-state index contributed by atoms with van der Waals surface area (Å²) in [5.41, 5.74) is 3.81. The molecule has 1 nitrogen and oxygen atoms in total. The molecule has 0 N–H and O–H groups in total. The van der Waals surface area contributed by atoms with Crippen molar-refractivity contribution in [1.82, 2.24) is 4.40 Å². The van der Waals surface area contributed by atoms with Crippen molar-refractivity contribution in [3.63, 3.8) is 0 Å². The predicted molar refractivity (Wildman–Crippen MR) is 54.0 cm³/mol. The van der Waals surface area contributed by atoms with Gasteiger partial charge in [-0.25, -0.2) is 0 Å². The Morgan fingerprint density at radius 3 is 2.77 bits per heavy atom. The molecule has 2 aliphatic rings. The van der Waals surface area contributed by atoms with Gasteiger partial charge in [0.15, 0.2) is 0 Å². The molecule has 1 heteroatoms. The Bertz CT molecular complexity index is 522. The largest absolute Gasteiger partial charge is 0.317 e. The number of rotatable bonds is 0. The Kier molecular flexibility index (Phi) is 1.22. The zero-order valence-electron chi connectivity index (χ0n) is 7.14. The molecule has 0 fully saturated rings. The van der Waals surface area contributed by atoms with Crippen LogP contribution in [0.25, 0.3) is 16.8 Å². The molecule has 0 radical (unpaired) electrons. The van der Waals surface area contributed by atoms with E-state index in [0.717, 1.165) is 0 Å². The zero-order valence-corrected chi connectivity index (χ0v) is 7.14. The van der Waals surface area contributed by atoms with Crippen molar-refractivity contribution in [3.05, 3.63) is 54.7 Å². The van der Waals surface area contributed by atoms with Gasteiger partial charge in [0.1, 0.15) is 0 Å². The van der Waals surface area contributed by atoms with Gasteiger partial charge < -0.3 is 4.40 Å². The van der Waals surface area contributed by atoms with Crippen LogP contribution in [-0.4, -0.2) is 4.40 Å². The third-order valence-electron chi connectivity index (χ3n) is 2.41. The molecule has 1 aliphatic heterocycles. The summed E-state index contributed by atoms with van der Waals surface area (Å²) in [7, 11) is 0. The highest BCUT2D eigenvalue weighted by atomic mass is 14.9. The Morgan fingerprint density at radius 1 is 0.769 bits per heavy atom. The van der Waals surface area contributed by atoms with Crippen molar-refractivity contribution in [2.24, 2.45) is 0 Å². The summed E-state index contributed by atoms with van der Waals surface area (Å²) in [6.45, 7) is 0. The molecule has 1 aromatic heterocycles. The lowest BCUT2D eigenvalue weighted by atomic mass is 10.2. The van der Waals surface area contributed by atoms with Crippen molar-refractivity contribution in [2.75, 3.05) is 0 Å². The van der Waals surface area contributed by atoms with Gasteiger partial charge >= 0.3 is 0 Å². The highest BCUT2D eigenvalue weighted by molar-refractivity contribution is 5.68. The third kappa shape index (κ3) is 0.872. The third-order valence-corrected chi connectivity index (χ3v) is 2.41. The van der Waals surface area contributed by atoms with Gasteiger partial charge in [-0.2, -0.15) is 0 Å². The highest BCUT2D eigenvalue weighted by Gasteiger charge is 2.03. The standard InChI is InChI=1S/C12H9N/c1-2-9-13-11(5-1)8-7-10-4-3-6-12(10)13/h1-9H. The molecular formula is C12H9N. The molecule has 0 saturated heterocycles. The minimum absolute atomic E-state index is 1.24. The molecule has 0 unspecified atom stereocenters. The van der Waals surface area contributed by atoms with Gasteiger partial charge in [-0.3, -0.25) is 0 Å². The second-order valence-electron chi connectivity index (χ2n) is 3.20. The highest BCUT2D eigenvalue weighted by Crippen LogP contribution is 2.23. The van der Waals surface area contributed by atoms with Gasteiger partial charge in [0.25, 0.3) is 0 Å². The number of hydrogen-bond donors (Lipinski definition) is 0. The van der Waals surface area contributed by atoms with Crippen LogP contribution in [0, 0.1) is 0 Å². The Balaban J connectivity index is 2.57. The minimum Gasteiger partial charge on any atom is -0.317 e. The van der Waals surface area contributed by atoms with E-state index in [1.807, 2.05) is 0 Å². The monoisotopic (exact) mass is 167 g/mol. The Hall–Kier alpha value is -1.76. The van der Waals surface area contributed by atoms with Crippen LogP contribution in [0.15, 0.2) is 54.7 Å². The van der Waals surface area contributed by atoms with Crippen LogP contribution in [0.4, 0.5) is 0 Å². The summed E-state index contributed by atoms with van der Waals surface area (Å²) >= 11 is 0. The van der Waals surface area contributed by atoms with Crippen LogP contribution in [0.3, 0.4) is 0 Å². The number of hydrogen-bond acceptors (Lipinski definition) is 0. The topological polar surface area (TPSA) is 4.41 Å². The zero-order chi connectivity index (χ0) is 8.67. The van der Waals surface area contributed by atoms with E-state index in [9.17, 15) is 0 Å². The van der Waals surface area contributed by atoms with Crippen molar-refractivity contribution >= 4 is 5.52 Å². The molecule has 0 aromatic carbocycles. The average molecular weight is 167 g/mol. The van der Waals surface area contributed by atoms with E-state index < -0.39 is 0 Å². The molecular weight excluding hydrogens is 158 g/mol. The summed E-state index contributed by atoms with van der Waals surface area (Å²) in [6, 6.07) is 16.9. The predicted octanol–water partition coefficient (Wildman–Crippen LogP) is 3.04. The van der Waals surface area contributed by atoms with Gasteiger partial charge in [-0.15, -0.1) is 0 Å². The lowest BCUT2D eigenvalue weighted by molar-refractivity contribution is 1.18. The smallest absolute Gasteiger partial charge is 0.0527 e. The van der Waals surface area contributed by atoms with E-state index in [1.54, 1.807) is 0 Å². The van der Waals surface area contributed by atoms with Gasteiger partial charge in [-0.05, 0) is 29.8 Å². The molecule has 0 spiro atoms. The first-order chi connectivity index (χ1) is 6.45. The van der Waals surface area contributed by atoms with Crippen molar-refractivity contribution in [1.29, 1.82) is 0 Å². The molecule has 0 bridgehead atoms. The summed E-state index contributed by atoms with van der Waals surface area (Å²) in [5, 5.41) is 0. The first-order valence-corrected chi connectivity index (χ1v) is 4.40. The normalized spacial score (nSPS) is 11.1. The van der Waals surface area contributed by atoms with E-state index in [1.165, 1.54) is 16.8 Å². The number of nitrogens with zero attached hydrogens (tertiary/aromatic N) is 1. The van der Waals surface area contributed by atoms with Crippen LogP contribution in [0.1, 0.15) is 0 Å².